The van der Waals surface area contributed by atoms with E-state index >= 15 is 0 Å². The summed E-state index contributed by atoms with van der Waals surface area (Å²) >= 11 is 0. The molecule has 3 heterocycles. The van der Waals surface area contributed by atoms with Crippen LogP contribution in [0.4, 0.5) is 4.39 Å². The van der Waals surface area contributed by atoms with E-state index in [1.807, 2.05) is 46.0 Å². The predicted octanol–water partition coefficient (Wildman–Crippen LogP) is 5.91. The molecule has 3 aromatic carbocycles. The second-order valence-electron chi connectivity index (χ2n) is 11.1. The fourth-order valence-corrected chi connectivity index (χ4v) is 6.33. The van der Waals surface area contributed by atoms with Gasteiger partial charge < -0.3 is 19.1 Å². The topological polar surface area (TPSA) is 63.3 Å². The highest BCUT2D eigenvalue weighted by Crippen LogP contribution is 2.35. The number of carbonyl (C=O) groups is 1. The van der Waals surface area contributed by atoms with E-state index in [9.17, 15) is 14.3 Å². The van der Waals surface area contributed by atoms with Crippen molar-refractivity contribution in [3.05, 3.63) is 96.2 Å². The molecule has 1 N–H and O–H groups in total. The minimum Gasteiger partial charge on any atom is -0.393 e. The number of para-hydroxylation sites is 2. The molecule has 1 aliphatic heterocycles. The van der Waals surface area contributed by atoms with Crippen LogP contribution in [-0.4, -0.2) is 49.2 Å². The first-order valence-electron chi connectivity index (χ1n) is 13.8. The second kappa shape index (κ2) is 9.65. The van der Waals surface area contributed by atoms with Crippen molar-refractivity contribution in [2.24, 2.45) is 5.92 Å². The predicted molar refractivity (Wildman–Crippen MR) is 150 cm³/mol. The summed E-state index contributed by atoms with van der Waals surface area (Å²) in [5.74, 6) is 1.71. The molecule has 5 aromatic rings. The number of piperidine rings is 1. The lowest BCUT2D eigenvalue weighted by Gasteiger charge is -2.34. The molecule has 39 heavy (non-hydrogen) atoms. The van der Waals surface area contributed by atoms with E-state index in [1.165, 1.54) is 12.1 Å². The first-order chi connectivity index (χ1) is 19.0. The van der Waals surface area contributed by atoms with Crippen molar-refractivity contribution >= 4 is 27.8 Å². The summed E-state index contributed by atoms with van der Waals surface area (Å²) in [5.41, 5.74) is 4.73. The number of amides is 1. The van der Waals surface area contributed by atoms with E-state index < -0.39 is 0 Å². The van der Waals surface area contributed by atoms with Gasteiger partial charge in [0.25, 0.3) is 5.91 Å². The maximum Gasteiger partial charge on any atom is 0.253 e. The summed E-state index contributed by atoms with van der Waals surface area (Å²) in [6.45, 7) is 2.29. The summed E-state index contributed by atoms with van der Waals surface area (Å²) in [6.07, 6.45) is 5.27. The number of aliphatic hydroxyl groups is 1. The van der Waals surface area contributed by atoms with Crippen LogP contribution in [0, 0.1) is 11.7 Å². The largest absolute Gasteiger partial charge is 0.393 e. The van der Waals surface area contributed by atoms with E-state index in [0.29, 0.717) is 30.5 Å². The van der Waals surface area contributed by atoms with E-state index in [0.717, 1.165) is 65.7 Å². The van der Waals surface area contributed by atoms with Crippen LogP contribution in [-0.2, 0) is 6.54 Å². The third-order valence-corrected chi connectivity index (χ3v) is 8.52. The molecule has 198 valence electrons. The van der Waals surface area contributed by atoms with Gasteiger partial charge in [-0.2, -0.15) is 0 Å². The molecule has 1 saturated carbocycles. The van der Waals surface area contributed by atoms with Crippen LogP contribution in [0.2, 0.25) is 0 Å². The standard InChI is InChI=1S/C32H31FN4O2/c33-25-6-8-26(9-7-25)36-16-13-23-19-24(5-10-29(23)36)32(39)35-14-11-22(12-15-35)31-34-28-3-1-2-4-30(28)37(31)20-21-17-27(38)18-21/h1-10,13,16,19,21-22,27,38H,11-12,14-15,17-18,20H2. The van der Waals surface area contributed by atoms with Crippen LogP contribution in [0.25, 0.3) is 27.6 Å². The SMILES string of the molecule is O=C(c1ccc2c(ccn2-c2ccc(F)cc2)c1)N1CCC(c2nc3ccccc3n2CC2CC(O)C2)CC1. The Kier molecular flexibility index (Phi) is 5.96. The molecule has 0 radical (unpaired) electrons. The van der Waals surface area contributed by atoms with Crippen molar-refractivity contribution in [3.63, 3.8) is 0 Å². The number of hydrogen-bond donors (Lipinski definition) is 1. The van der Waals surface area contributed by atoms with Crippen molar-refractivity contribution in [3.8, 4) is 5.69 Å². The fourth-order valence-electron chi connectivity index (χ4n) is 6.33. The second-order valence-corrected chi connectivity index (χ2v) is 11.1. The number of imidazole rings is 1. The molecular formula is C32H31FN4O2. The number of halogens is 1. The van der Waals surface area contributed by atoms with Gasteiger partial charge in [0, 0.05) is 48.4 Å². The number of benzene rings is 3. The number of likely N-dealkylation sites (tertiary alicyclic amines) is 1. The Hall–Kier alpha value is -3.97. The minimum absolute atomic E-state index is 0.0573. The van der Waals surface area contributed by atoms with Gasteiger partial charge in [-0.25, -0.2) is 9.37 Å². The molecule has 0 spiro atoms. The Morgan fingerprint density at radius 2 is 1.72 bits per heavy atom. The lowest BCUT2D eigenvalue weighted by molar-refractivity contribution is 0.0351. The van der Waals surface area contributed by atoms with Crippen molar-refractivity contribution in [2.45, 2.75) is 44.2 Å². The highest BCUT2D eigenvalue weighted by atomic mass is 19.1. The third-order valence-electron chi connectivity index (χ3n) is 8.52. The third kappa shape index (κ3) is 4.40. The molecule has 0 atom stereocenters. The van der Waals surface area contributed by atoms with Crippen molar-refractivity contribution in [1.29, 1.82) is 0 Å². The van der Waals surface area contributed by atoms with Gasteiger partial charge >= 0.3 is 0 Å². The molecule has 0 unspecified atom stereocenters. The lowest BCUT2D eigenvalue weighted by Crippen LogP contribution is -2.38. The fraction of sp³-hybridized carbons (Fsp3) is 0.312. The summed E-state index contributed by atoms with van der Waals surface area (Å²) in [4.78, 5) is 20.5. The summed E-state index contributed by atoms with van der Waals surface area (Å²) in [7, 11) is 0. The lowest BCUT2D eigenvalue weighted by atomic mass is 9.82. The van der Waals surface area contributed by atoms with Crippen molar-refractivity contribution < 1.29 is 14.3 Å². The van der Waals surface area contributed by atoms with Gasteiger partial charge in [-0.1, -0.05) is 12.1 Å². The zero-order valence-electron chi connectivity index (χ0n) is 21.7. The number of nitrogens with zero attached hydrogens (tertiary/aromatic N) is 4. The maximum absolute atomic E-state index is 13.5. The number of hydrogen-bond acceptors (Lipinski definition) is 3. The summed E-state index contributed by atoms with van der Waals surface area (Å²) in [6, 6.07) is 22.5. The van der Waals surface area contributed by atoms with Gasteiger partial charge in [-0.3, -0.25) is 4.79 Å². The number of aromatic nitrogens is 3. The molecule has 7 rings (SSSR count). The normalized spacial score (nSPS) is 20.0. The van der Waals surface area contributed by atoms with E-state index in [4.69, 9.17) is 4.98 Å². The number of aliphatic hydroxyl groups excluding tert-OH is 1. The minimum atomic E-state index is -0.262. The van der Waals surface area contributed by atoms with Crippen molar-refractivity contribution in [1.82, 2.24) is 19.0 Å². The monoisotopic (exact) mass is 522 g/mol. The molecule has 6 nitrogen and oxygen atoms in total. The summed E-state index contributed by atoms with van der Waals surface area (Å²) in [5, 5.41) is 10.8. The first-order valence-corrected chi connectivity index (χ1v) is 13.8. The highest BCUT2D eigenvalue weighted by Gasteiger charge is 2.32. The number of carbonyl (C=O) groups excluding carboxylic acids is 1. The molecule has 2 fully saturated rings. The smallest absolute Gasteiger partial charge is 0.253 e. The van der Waals surface area contributed by atoms with Crippen LogP contribution in [0.15, 0.2) is 79.0 Å². The quantitative estimate of drug-likeness (QED) is 0.312. The molecule has 2 aromatic heterocycles. The average molecular weight is 523 g/mol. The van der Waals surface area contributed by atoms with Gasteiger partial charge in [0.15, 0.2) is 0 Å². The van der Waals surface area contributed by atoms with Gasteiger partial charge in [0.05, 0.1) is 22.7 Å². The number of rotatable bonds is 5. The maximum atomic E-state index is 13.5. The first kappa shape index (κ1) is 24.1. The van der Waals surface area contributed by atoms with Crippen LogP contribution in [0.1, 0.15) is 47.8 Å². The molecule has 1 saturated heterocycles. The van der Waals surface area contributed by atoms with Gasteiger partial charge in [-0.15, -0.1) is 0 Å². The highest BCUT2D eigenvalue weighted by molar-refractivity contribution is 5.98. The molecular weight excluding hydrogens is 491 g/mol. The molecule has 7 heteroatoms. The Balaban J connectivity index is 1.07. The van der Waals surface area contributed by atoms with Crippen LogP contribution >= 0.6 is 0 Å². The zero-order valence-corrected chi connectivity index (χ0v) is 21.7. The Bertz CT molecular complexity index is 1660. The Morgan fingerprint density at radius 1 is 0.949 bits per heavy atom. The van der Waals surface area contributed by atoms with Gasteiger partial charge in [0.1, 0.15) is 11.6 Å². The van der Waals surface area contributed by atoms with Crippen LogP contribution < -0.4 is 0 Å². The zero-order chi connectivity index (χ0) is 26.5. The molecule has 2 aliphatic rings. The van der Waals surface area contributed by atoms with Crippen molar-refractivity contribution in [2.75, 3.05) is 13.1 Å². The molecule has 1 aliphatic carbocycles. The Labute approximate surface area is 226 Å². The van der Waals surface area contributed by atoms with Crippen LogP contribution in [0.5, 0.6) is 0 Å². The molecule has 0 bridgehead atoms. The summed E-state index contributed by atoms with van der Waals surface area (Å²) < 4.78 is 17.7. The Morgan fingerprint density at radius 3 is 2.49 bits per heavy atom. The van der Waals surface area contributed by atoms with Gasteiger partial charge in [-0.05, 0) is 92.3 Å². The molecule has 1 amide bonds. The number of fused-ring (bicyclic) bond motifs is 2. The van der Waals surface area contributed by atoms with E-state index in [1.54, 1.807) is 12.1 Å². The van der Waals surface area contributed by atoms with E-state index in [-0.39, 0.29) is 17.8 Å². The average Bonchev–Trinajstić information content (AvgIpc) is 3.54. The van der Waals surface area contributed by atoms with E-state index in [2.05, 4.69) is 22.8 Å². The van der Waals surface area contributed by atoms with Gasteiger partial charge in [0.2, 0.25) is 0 Å². The van der Waals surface area contributed by atoms with Crippen LogP contribution in [0.3, 0.4) is 0 Å².